The van der Waals surface area contributed by atoms with E-state index in [4.69, 9.17) is 4.42 Å². The molecule has 0 saturated heterocycles. The Morgan fingerprint density at radius 3 is 2.68 bits per heavy atom. The molecule has 0 aliphatic heterocycles. The van der Waals surface area contributed by atoms with Crippen molar-refractivity contribution in [2.75, 3.05) is 0 Å². The number of hydrogen-bond donors (Lipinski definition) is 0. The third-order valence-electron chi connectivity index (χ3n) is 3.74. The topological polar surface area (TPSA) is 38.9 Å². The Labute approximate surface area is 111 Å². The fraction of sp³-hybridized carbons (Fsp3) is 0.333. The van der Waals surface area contributed by atoms with Crippen molar-refractivity contribution in [3.8, 4) is 0 Å². The molecule has 1 aromatic heterocycles. The molecule has 19 heavy (non-hydrogen) atoms. The normalized spacial score (nSPS) is 23.2. The fourth-order valence-corrected chi connectivity index (χ4v) is 2.74. The molecule has 0 amide bonds. The lowest BCUT2D eigenvalue weighted by Gasteiger charge is -2.28. The summed E-state index contributed by atoms with van der Waals surface area (Å²) in [4.78, 5) is 0. The van der Waals surface area contributed by atoms with E-state index in [1.165, 1.54) is 24.1 Å². The van der Waals surface area contributed by atoms with Crippen LogP contribution in [0.2, 0.25) is 0 Å². The standard InChI is InChI=1S/C15H15FN2O/c1-10-2-7-13(15-18-17-9-19-15)14(8-10)11-3-5-12(16)6-4-11/h2-6,9,13-14H,7-8H2,1H3. The van der Waals surface area contributed by atoms with E-state index in [9.17, 15) is 4.39 Å². The molecule has 0 N–H and O–H groups in total. The van der Waals surface area contributed by atoms with Crippen molar-refractivity contribution >= 4 is 0 Å². The Balaban J connectivity index is 1.96. The van der Waals surface area contributed by atoms with Crippen LogP contribution in [-0.2, 0) is 0 Å². The van der Waals surface area contributed by atoms with Crippen LogP contribution < -0.4 is 0 Å². The van der Waals surface area contributed by atoms with Gasteiger partial charge < -0.3 is 4.42 Å². The minimum Gasteiger partial charge on any atom is -0.428 e. The van der Waals surface area contributed by atoms with Crippen LogP contribution in [0, 0.1) is 5.82 Å². The fourth-order valence-electron chi connectivity index (χ4n) is 2.74. The van der Waals surface area contributed by atoms with Crippen LogP contribution in [0.25, 0.3) is 0 Å². The smallest absolute Gasteiger partial charge is 0.220 e. The third-order valence-corrected chi connectivity index (χ3v) is 3.74. The number of hydrogen-bond acceptors (Lipinski definition) is 3. The van der Waals surface area contributed by atoms with Crippen LogP contribution in [0.15, 0.2) is 46.7 Å². The second-order valence-corrected chi connectivity index (χ2v) is 5.03. The molecule has 2 unspecified atom stereocenters. The van der Waals surface area contributed by atoms with E-state index in [0.29, 0.717) is 5.89 Å². The van der Waals surface area contributed by atoms with E-state index >= 15 is 0 Å². The molecular weight excluding hydrogens is 243 g/mol. The van der Waals surface area contributed by atoms with Crippen LogP contribution in [0.3, 0.4) is 0 Å². The molecule has 1 aliphatic rings. The lowest BCUT2D eigenvalue weighted by molar-refractivity contribution is 0.391. The van der Waals surface area contributed by atoms with Crippen molar-refractivity contribution in [3.63, 3.8) is 0 Å². The van der Waals surface area contributed by atoms with Gasteiger partial charge >= 0.3 is 0 Å². The molecule has 2 aromatic rings. The van der Waals surface area contributed by atoms with Gasteiger partial charge in [0.15, 0.2) is 0 Å². The highest BCUT2D eigenvalue weighted by atomic mass is 19.1. The van der Waals surface area contributed by atoms with Gasteiger partial charge in [0.05, 0.1) is 0 Å². The molecule has 1 aromatic carbocycles. The number of halogens is 1. The molecular formula is C15H15FN2O. The lowest BCUT2D eigenvalue weighted by atomic mass is 9.76. The van der Waals surface area contributed by atoms with Crippen LogP contribution in [0.5, 0.6) is 0 Å². The van der Waals surface area contributed by atoms with E-state index in [2.05, 4.69) is 23.2 Å². The minimum absolute atomic E-state index is 0.177. The second kappa shape index (κ2) is 4.96. The van der Waals surface area contributed by atoms with Gasteiger partial charge in [-0.1, -0.05) is 23.8 Å². The summed E-state index contributed by atoms with van der Waals surface area (Å²) in [6.45, 7) is 2.13. The minimum atomic E-state index is -0.207. The molecule has 2 atom stereocenters. The molecule has 0 bridgehead atoms. The second-order valence-electron chi connectivity index (χ2n) is 5.03. The third kappa shape index (κ3) is 2.43. The van der Waals surface area contributed by atoms with Gasteiger partial charge in [-0.05, 0) is 43.4 Å². The van der Waals surface area contributed by atoms with Gasteiger partial charge in [-0.3, -0.25) is 0 Å². The van der Waals surface area contributed by atoms with Gasteiger partial charge in [0.25, 0.3) is 0 Å². The summed E-state index contributed by atoms with van der Waals surface area (Å²) >= 11 is 0. The average molecular weight is 258 g/mol. The van der Waals surface area contributed by atoms with Crippen molar-refractivity contribution in [1.29, 1.82) is 0 Å². The van der Waals surface area contributed by atoms with E-state index < -0.39 is 0 Å². The highest BCUT2D eigenvalue weighted by molar-refractivity contribution is 5.28. The van der Waals surface area contributed by atoms with Crippen molar-refractivity contribution in [1.82, 2.24) is 10.2 Å². The quantitative estimate of drug-likeness (QED) is 0.769. The highest BCUT2D eigenvalue weighted by Crippen LogP contribution is 2.42. The van der Waals surface area contributed by atoms with Crippen molar-refractivity contribution in [3.05, 3.63) is 59.6 Å². The van der Waals surface area contributed by atoms with E-state index in [0.717, 1.165) is 18.4 Å². The SMILES string of the molecule is CC1=CCC(c2nnco2)C(c2ccc(F)cc2)C1. The largest absolute Gasteiger partial charge is 0.428 e. The lowest BCUT2D eigenvalue weighted by Crippen LogP contribution is -2.16. The Hall–Kier alpha value is -1.97. The Kier molecular flexibility index (Phi) is 3.15. The van der Waals surface area contributed by atoms with Gasteiger partial charge in [-0.15, -0.1) is 10.2 Å². The number of rotatable bonds is 2. The molecule has 3 rings (SSSR count). The predicted octanol–water partition coefficient (Wildman–Crippen LogP) is 3.82. The summed E-state index contributed by atoms with van der Waals surface area (Å²) in [6.07, 6.45) is 5.41. The summed E-state index contributed by atoms with van der Waals surface area (Å²) in [5.74, 6) is 0.905. The first-order chi connectivity index (χ1) is 9.24. The number of nitrogens with zero attached hydrogens (tertiary/aromatic N) is 2. The van der Waals surface area contributed by atoms with E-state index in [1.54, 1.807) is 0 Å². The summed E-state index contributed by atoms with van der Waals surface area (Å²) in [5, 5.41) is 7.80. The van der Waals surface area contributed by atoms with Crippen LogP contribution in [0.1, 0.15) is 43.1 Å². The Bertz CT molecular complexity index is 575. The summed E-state index contributed by atoms with van der Waals surface area (Å²) in [7, 11) is 0. The van der Waals surface area contributed by atoms with Gasteiger partial charge in [0.2, 0.25) is 12.3 Å². The molecule has 98 valence electrons. The van der Waals surface area contributed by atoms with Crippen molar-refractivity contribution in [2.24, 2.45) is 0 Å². The molecule has 3 nitrogen and oxygen atoms in total. The molecule has 0 radical (unpaired) electrons. The first-order valence-electron chi connectivity index (χ1n) is 6.41. The maximum atomic E-state index is 13.0. The van der Waals surface area contributed by atoms with Gasteiger partial charge in [0.1, 0.15) is 5.82 Å². The van der Waals surface area contributed by atoms with Crippen LogP contribution in [-0.4, -0.2) is 10.2 Å². The van der Waals surface area contributed by atoms with Crippen molar-refractivity contribution < 1.29 is 8.81 Å². The highest BCUT2D eigenvalue weighted by Gasteiger charge is 2.30. The first kappa shape index (κ1) is 12.1. The molecule has 4 heteroatoms. The summed E-state index contributed by atoms with van der Waals surface area (Å²) in [5.41, 5.74) is 2.47. The van der Waals surface area contributed by atoms with Crippen LogP contribution >= 0.6 is 0 Å². The zero-order valence-corrected chi connectivity index (χ0v) is 10.7. The predicted molar refractivity (Wildman–Crippen MR) is 69.2 cm³/mol. The monoisotopic (exact) mass is 258 g/mol. The maximum absolute atomic E-state index is 13.0. The summed E-state index contributed by atoms with van der Waals surface area (Å²) < 4.78 is 18.4. The zero-order valence-electron chi connectivity index (χ0n) is 10.7. The van der Waals surface area contributed by atoms with Gasteiger partial charge in [-0.2, -0.15) is 0 Å². The maximum Gasteiger partial charge on any atom is 0.220 e. The zero-order chi connectivity index (χ0) is 13.2. The summed E-state index contributed by atoms with van der Waals surface area (Å²) in [6, 6.07) is 6.71. The molecule has 0 spiro atoms. The van der Waals surface area contributed by atoms with E-state index in [-0.39, 0.29) is 17.7 Å². The Morgan fingerprint density at radius 2 is 2.00 bits per heavy atom. The molecule has 0 fully saturated rings. The number of allylic oxidation sites excluding steroid dienone is 2. The molecule has 1 aliphatic carbocycles. The number of aromatic nitrogens is 2. The Morgan fingerprint density at radius 1 is 1.21 bits per heavy atom. The van der Waals surface area contributed by atoms with Gasteiger partial charge in [0, 0.05) is 5.92 Å². The number of benzene rings is 1. The van der Waals surface area contributed by atoms with Gasteiger partial charge in [-0.25, -0.2) is 4.39 Å². The van der Waals surface area contributed by atoms with Crippen molar-refractivity contribution in [2.45, 2.75) is 31.6 Å². The first-order valence-corrected chi connectivity index (χ1v) is 6.41. The van der Waals surface area contributed by atoms with Crippen LogP contribution in [0.4, 0.5) is 4.39 Å². The molecule has 1 heterocycles. The average Bonchev–Trinajstić information content (AvgIpc) is 2.93. The molecule has 0 saturated carbocycles. The van der Waals surface area contributed by atoms with E-state index in [1.807, 2.05) is 12.1 Å².